The summed E-state index contributed by atoms with van der Waals surface area (Å²) in [6.45, 7) is 3.66. The number of aromatic nitrogens is 1. The van der Waals surface area contributed by atoms with Gasteiger partial charge in [0.15, 0.2) is 0 Å². The largest absolute Gasteiger partial charge is 0.478 e. The van der Waals surface area contributed by atoms with E-state index >= 15 is 0 Å². The number of amides is 1. The van der Waals surface area contributed by atoms with Gasteiger partial charge in [-0.05, 0) is 6.07 Å². The Kier molecular flexibility index (Phi) is 3.96. The highest BCUT2D eigenvalue weighted by atomic mass is 16.5. The number of carboxylic acids is 1. The highest BCUT2D eigenvalue weighted by Crippen LogP contribution is 2.22. The maximum Gasteiger partial charge on any atom is 0.339 e. The first-order valence-corrected chi connectivity index (χ1v) is 5.91. The molecule has 1 fully saturated rings. The highest BCUT2D eigenvalue weighted by molar-refractivity contribution is 5.96. The number of carboxylic acid groups (broad SMARTS) is 1. The molecule has 7 heteroatoms. The minimum Gasteiger partial charge on any atom is -0.478 e. The van der Waals surface area contributed by atoms with Gasteiger partial charge in [-0.2, -0.15) is 0 Å². The lowest BCUT2D eigenvalue weighted by Crippen LogP contribution is -2.37. The van der Waals surface area contributed by atoms with E-state index in [1.165, 1.54) is 19.2 Å². The number of anilines is 2. The van der Waals surface area contributed by atoms with Crippen molar-refractivity contribution in [1.29, 1.82) is 0 Å². The molecule has 0 aliphatic carbocycles. The second-order valence-corrected chi connectivity index (χ2v) is 4.18. The Morgan fingerprint density at radius 1 is 1.42 bits per heavy atom. The van der Waals surface area contributed by atoms with Crippen molar-refractivity contribution in [3.05, 3.63) is 17.8 Å². The van der Waals surface area contributed by atoms with Gasteiger partial charge in [-0.25, -0.2) is 9.78 Å². The standard InChI is InChI=1S/C12H15N3O4/c1-8(16)14-9-6-10(12(17)18)11(13-7-9)15-2-4-19-5-3-15/h6-7H,2-5H2,1H3,(H,14,16)(H,17,18). The van der Waals surface area contributed by atoms with Crippen LogP contribution in [0.2, 0.25) is 0 Å². The molecule has 102 valence electrons. The van der Waals surface area contributed by atoms with Gasteiger partial charge in [0.05, 0.1) is 25.1 Å². The second-order valence-electron chi connectivity index (χ2n) is 4.18. The van der Waals surface area contributed by atoms with Crippen molar-refractivity contribution >= 4 is 23.4 Å². The number of hydrogen-bond donors (Lipinski definition) is 2. The molecular weight excluding hydrogens is 250 g/mol. The van der Waals surface area contributed by atoms with Crippen LogP contribution in [0.5, 0.6) is 0 Å². The van der Waals surface area contributed by atoms with E-state index in [0.717, 1.165) is 0 Å². The molecule has 7 nitrogen and oxygen atoms in total. The second kappa shape index (κ2) is 5.66. The van der Waals surface area contributed by atoms with E-state index in [-0.39, 0.29) is 11.5 Å². The molecule has 0 spiro atoms. The number of morpholine rings is 1. The summed E-state index contributed by atoms with van der Waals surface area (Å²) in [5.74, 6) is -0.927. The lowest BCUT2D eigenvalue weighted by atomic mass is 10.2. The number of pyridine rings is 1. The van der Waals surface area contributed by atoms with Gasteiger partial charge in [-0.1, -0.05) is 0 Å². The first kappa shape index (κ1) is 13.3. The van der Waals surface area contributed by atoms with Crippen molar-refractivity contribution in [3.63, 3.8) is 0 Å². The van der Waals surface area contributed by atoms with Gasteiger partial charge in [0.2, 0.25) is 5.91 Å². The number of nitrogens with zero attached hydrogens (tertiary/aromatic N) is 2. The molecule has 1 aromatic heterocycles. The van der Waals surface area contributed by atoms with Crippen molar-refractivity contribution in [2.45, 2.75) is 6.92 Å². The van der Waals surface area contributed by atoms with E-state index in [2.05, 4.69) is 10.3 Å². The van der Waals surface area contributed by atoms with Crippen LogP contribution in [-0.4, -0.2) is 48.3 Å². The molecule has 0 radical (unpaired) electrons. The number of nitrogens with one attached hydrogen (secondary N) is 1. The van der Waals surface area contributed by atoms with Crippen LogP contribution in [0.25, 0.3) is 0 Å². The van der Waals surface area contributed by atoms with Gasteiger partial charge in [-0.3, -0.25) is 4.79 Å². The lowest BCUT2D eigenvalue weighted by molar-refractivity contribution is -0.114. The van der Waals surface area contributed by atoms with E-state index in [1.807, 2.05) is 4.90 Å². The van der Waals surface area contributed by atoms with Crippen molar-refractivity contribution in [3.8, 4) is 0 Å². The summed E-state index contributed by atoms with van der Waals surface area (Å²) in [5.41, 5.74) is 0.454. The fourth-order valence-corrected chi connectivity index (χ4v) is 1.91. The van der Waals surface area contributed by atoms with Gasteiger partial charge in [0.1, 0.15) is 11.4 Å². The molecule has 0 unspecified atom stereocenters. The van der Waals surface area contributed by atoms with E-state index in [9.17, 15) is 14.7 Å². The molecule has 1 aliphatic heterocycles. The number of hydrogen-bond acceptors (Lipinski definition) is 5. The zero-order valence-corrected chi connectivity index (χ0v) is 10.5. The first-order chi connectivity index (χ1) is 9.08. The van der Waals surface area contributed by atoms with E-state index in [4.69, 9.17) is 4.74 Å². The van der Waals surface area contributed by atoms with E-state index in [1.54, 1.807) is 0 Å². The van der Waals surface area contributed by atoms with Crippen LogP contribution in [0.15, 0.2) is 12.3 Å². The van der Waals surface area contributed by atoms with Crippen molar-refractivity contribution in [2.24, 2.45) is 0 Å². The Labute approximate surface area is 110 Å². The minimum atomic E-state index is -1.07. The van der Waals surface area contributed by atoms with Crippen LogP contribution in [0.4, 0.5) is 11.5 Å². The fourth-order valence-electron chi connectivity index (χ4n) is 1.91. The molecule has 1 aromatic rings. The van der Waals surface area contributed by atoms with Crippen LogP contribution < -0.4 is 10.2 Å². The molecule has 2 N–H and O–H groups in total. The topological polar surface area (TPSA) is 91.8 Å². The molecule has 0 aromatic carbocycles. The van der Waals surface area contributed by atoms with Crippen LogP contribution in [0.1, 0.15) is 17.3 Å². The van der Waals surface area contributed by atoms with Gasteiger partial charge in [-0.15, -0.1) is 0 Å². The van der Waals surface area contributed by atoms with Crippen LogP contribution in [0.3, 0.4) is 0 Å². The zero-order valence-electron chi connectivity index (χ0n) is 10.5. The number of carbonyl (C=O) groups excluding carboxylic acids is 1. The monoisotopic (exact) mass is 265 g/mol. The quantitative estimate of drug-likeness (QED) is 0.830. The number of ether oxygens (including phenoxy) is 1. The Hall–Kier alpha value is -2.15. The molecule has 0 atom stereocenters. The molecule has 1 saturated heterocycles. The van der Waals surface area contributed by atoms with Crippen LogP contribution >= 0.6 is 0 Å². The molecule has 1 aliphatic rings. The molecule has 0 saturated carbocycles. The molecule has 2 rings (SSSR count). The summed E-state index contributed by atoms with van der Waals surface area (Å²) in [6.07, 6.45) is 1.46. The first-order valence-electron chi connectivity index (χ1n) is 5.91. The molecular formula is C12H15N3O4. The minimum absolute atomic E-state index is 0.0770. The van der Waals surface area contributed by atoms with Gasteiger partial charge < -0.3 is 20.1 Å². The molecule has 1 amide bonds. The molecule has 19 heavy (non-hydrogen) atoms. The predicted molar refractivity (Wildman–Crippen MR) is 68.5 cm³/mol. The summed E-state index contributed by atoms with van der Waals surface area (Å²) >= 11 is 0. The van der Waals surface area contributed by atoms with Crippen LogP contribution in [-0.2, 0) is 9.53 Å². The Balaban J connectivity index is 2.31. The highest BCUT2D eigenvalue weighted by Gasteiger charge is 2.20. The Morgan fingerprint density at radius 2 is 2.11 bits per heavy atom. The summed E-state index contributed by atoms with van der Waals surface area (Å²) < 4.78 is 5.22. The third-order valence-corrected chi connectivity index (χ3v) is 2.73. The van der Waals surface area contributed by atoms with Crippen molar-refractivity contribution in [1.82, 2.24) is 4.98 Å². The number of aromatic carboxylic acids is 1. The van der Waals surface area contributed by atoms with Gasteiger partial charge in [0, 0.05) is 20.0 Å². The summed E-state index contributed by atoms with van der Waals surface area (Å²) in [6, 6.07) is 1.42. The Bertz CT molecular complexity index is 498. The SMILES string of the molecule is CC(=O)Nc1cnc(N2CCOCC2)c(C(=O)O)c1. The smallest absolute Gasteiger partial charge is 0.339 e. The fraction of sp³-hybridized carbons (Fsp3) is 0.417. The summed E-state index contributed by atoms with van der Waals surface area (Å²) in [4.78, 5) is 28.3. The average Bonchev–Trinajstić information content (AvgIpc) is 2.39. The zero-order chi connectivity index (χ0) is 13.8. The third kappa shape index (κ3) is 3.19. The summed E-state index contributed by atoms with van der Waals surface area (Å²) in [5, 5.41) is 11.8. The third-order valence-electron chi connectivity index (χ3n) is 2.73. The van der Waals surface area contributed by atoms with Gasteiger partial charge in [0.25, 0.3) is 0 Å². The van der Waals surface area contributed by atoms with E-state index in [0.29, 0.717) is 37.8 Å². The molecule has 2 heterocycles. The maximum atomic E-state index is 11.3. The van der Waals surface area contributed by atoms with E-state index < -0.39 is 5.97 Å². The average molecular weight is 265 g/mol. The van der Waals surface area contributed by atoms with Crippen LogP contribution in [0, 0.1) is 0 Å². The van der Waals surface area contributed by atoms with Gasteiger partial charge >= 0.3 is 5.97 Å². The molecule has 0 bridgehead atoms. The Morgan fingerprint density at radius 3 is 2.68 bits per heavy atom. The predicted octanol–water partition coefficient (Wildman–Crippen LogP) is 0.575. The number of carbonyl (C=O) groups is 2. The van der Waals surface area contributed by atoms with Crippen molar-refractivity contribution in [2.75, 3.05) is 36.5 Å². The lowest BCUT2D eigenvalue weighted by Gasteiger charge is -2.28. The normalized spacial score (nSPS) is 15.1. The number of rotatable bonds is 3. The van der Waals surface area contributed by atoms with Crippen molar-refractivity contribution < 1.29 is 19.4 Å². The summed E-state index contributed by atoms with van der Waals surface area (Å²) in [7, 11) is 0. The maximum absolute atomic E-state index is 11.3.